The molecule has 0 aromatic heterocycles. The van der Waals surface area contributed by atoms with Gasteiger partial charge >= 0.3 is 6.18 Å². The number of aryl methyl sites for hydroxylation is 1. The summed E-state index contributed by atoms with van der Waals surface area (Å²) in [6.07, 6.45) is -3.08. The molecule has 108 valence electrons. The normalized spacial score (nSPS) is 13.5. The summed E-state index contributed by atoms with van der Waals surface area (Å²) in [6.45, 7) is 4.77. The van der Waals surface area contributed by atoms with Crippen molar-refractivity contribution in [2.75, 3.05) is 6.54 Å². The molecule has 4 heteroatoms. The van der Waals surface area contributed by atoms with Gasteiger partial charge in [-0.25, -0.2) is 0 Å². The molecule has 0 fully saturated rings. The molecule has 1 N–H and O–H groups in total. The first-order valence-corrected chi connectivity index (χ1v) is 6.76. The Hall–Kier alpha value is -1.03. The number of rotatable bonds is 7. The van der Waals surface area contributed by atoms with Crippen LogP contribution in [0.1, 0.15) is 37.3 Å². The second kappa shape index (κ2) is 7.53. The van der Waals surface area contributed by atoms with Gasteiger partial charge in [-0.3, -0.25) is 0 Å². The average Bonchev–Trinajstić information content (AvgIpc) is 2.34. The molecule has 0 amide bonds. The third-order valence-electron chi connectivity index (χ3n) is 3.06. The van der Waals surface area contributed by atoms with E-state index in [0.717, 1.165) is 24.1 Å². The van der Waals surface area contributed by atoms with E-state index in [1.807, 2.05) is 38.1 Å². The van der Waals surface area contributed by atoms with Crippen molar-refractivity contribution in [3.8, 4) is 0 Å². The Labute approximate surface area is 113 Å². The smallest absolute Gasteiger partial charge is 0.314 e. The number of hydrogen-bond donors (Lipinski definition) is 1. The van der Waals surface area contributed by atoms with Gasteiger partial charge in [0, 0.05) is 12.5 Å². The predicted molar refractivity (Wildman–Crippen MR) is 72.3 cm³/mol. The minimum atomic E-state index is -4.07. The first-order valence-electron chi connectivity index (χ1n) is 6.76. The standard InChI is InChI=1S/C15H22F3N/c1-3-10-19-14(8-9-15(16,17)18)11-13-6-4-12(2)5-7-13/h4-7,14,19H,3,8-11H2,1-2H3. The first kappa shape index (κ1) is 16.0. The van der Waals surface area contributed by atoms with Crippen molar-refractivity contribution in [3.63, 3.8) is 0 Å². The van der Waals surface area contributed by atoms with Gasteiger partial charge in [0.1, 0.15) is 0 Å². The van der Waals surface area contributed by atoms with E-state index in [1.54, 1.807) is 0 Å². The maximum Gasteiger partial charge on any atom is 0.389 e. The Morgan fingerprint density at radius 3 is 2.32 bits per heavy atom. The van der Waals surface area contributed by atoms with Gasteiger partial charge in [-0.05, 0) is 38.3 Å². The molecule has 0 aliphatic heterocycles. The third-order valence-corrected chi connectivity index (χ3v) is 3.06. The average molecular weight is 273 g/mol. The van der Waals surface area contributed by atoms with Crippen LogP contribution >= 0.6 is 0 Å². The summed E-state index contributed by atoms with van der Waals surface area (Å²) in [6, 6.07) is 7.86. The molecule has 0 spiro atoms. The molecule has 0 aliphatic rings. The number of alkyl halides is 3. The summed E-state index contributed by atoms with van der Waals surface area (Å²) in [7, 11) is 0. The van der Waals surface area contributed by atoms with E-state index in [2.05, 4.69) is 5.32 Å². The van der Waals surface area contributed by atoms with E-state index in [1.165, 1.54) is 0 Å². The van der Waals surface area contributed by atoms with Crippen molar-refractivity contribution >= 4 is 0 Å². The molecule has 1 unspecified atom stereocenters. The number of nitrogens with one attached hydrogen (secondary N) is 1. The molecule has 1 aromatic carbocycles. The van der Waals surface area contributed by atoms with E-state index >= 15 is 0 Å². The summed E-state index contributed by atoms with van der Waals surface area (Å²) < 4.78 is 36.9. The molecule has 0 aliphatic carbocycles. The van der Waals surface area contributed by atoms with Crippen molar-refractivity contribution in [1.29, 1.82) is 0 Å². The second-order valence-electron chi connectivity index (χ2n) is 4.99. The van der Waals surface area contributed by atoms with Crippen LogP contribution in [0.2, 0.25) is 0 Å². The summed E-state index contributed by atoms with van der Waals surface area (Å²) in [5.74, 6) is 0. The molecule has 1 aromatic rings. The van der Waals surface area contributed by atoms with E-state index in [-0.39, 0.29) is 12.5 Å². The lowest BCUT2D eigenvalue weighted by Crippen LogP contribution is -2.33. The van der Waals surface area contributed by atoms with Gasteiger partial charge in [-0.2, -0.15) is 13.2 Å². The van der Waals surface area contributed by atoms with Gasteiger partial charge in [0.2, 0.25) is 0 Å². The van der Waals surface area contributed by atoms with Crippen molar-refractivity contribution in [2.24, 2.45) is 0 Å². The maximum absolute atomic E-state index is 12.3. The Balaban J connectivity index is 2.55. The number of benzene rings is 1. The first-order chi connectivity index (χ1) is 8.90. The molecule has 0 saturated carbocycles. The topological polar surface area (TPSA) is 12.0 Å². The zero-order valence-corrected chi connectivity index (χ0v) is 11.6. The molecular weight excluding hydrogens is 251 g/mol. The van der Waals surface area contributed by atoms with Crippen molar-refractivity contribution in [3.05, 3.63) is 35.4 Å². The van der Waals surface area contributed by atoms with E-state index < -0.39 is 12.6 Å². The highest BCUT2D eigenvalue weighted by Crippen LogP contribution is 2.23. The van der Waals surface area contributed by atoms with Gasteiger partial charge in [0.15, 0.2) is 0 Å². The summed E-state index contributed by atoms with van der Waals surface area (Å²) >= 11 is 0. The van der Waals surface area contributed by atoms with Gasteiger partial charge < -0.3 is 5.32 Å². The Morgan fingerprint density at radius 1 is 1.16 bits per heavy atom. The molecule has 1 nitrogen and oxygen atoms in total. The van der Waals surface area contributed by atoms with Crippen LogP contribution in [-0.4, -0.2) is 18.8 Å². The monoisotopic (exact) mass is 273 g/mol. The lowest BCUT2D eigenvalue weighted by molar-refractivity contribution is -0.136. The highest BCUT2D eigenvalue weighted by Gasteiger charge is 2.28. The molecule has 19 heavy (non-hydrogen) atoms. The lowest BCUT2D eigenvalue weighted by Gasteiger charge is -2.19. The fraction of sp³-hybridized carbons (Fsp3) is 0.600. The van der Waals surface area contributed by atoms with Gasteiger partial charge in [0.25, 0.3) is 0 Å². The van der Waals surface area contributed by atoms with Gasteiger partial charge in [0.05, 0.1) is 0 Å². The van der Waals surface area contributed by atoms with Crippen molar-refractivity contribution < 1.29 is 13.2 Å². The van der Waals surface area contributed by atoms with Crippen LogP contribution in [0.5, 0.6) is 0 Å². The highest BCUT2D eigenvalue weighted by atomic mass is 19.4. The Bertz CT molecular complexity index is 357. The summed E-state index contributed by atoms with van der Waals surface area (Å²) in [4.78, 5) is 0. The van der Waals surface area contributed by atoms with E-state index in [4.69, 9.17) is 0 Å². The summed E-state index contributed by atoms with van der Waals surface area (Å²) in [5, 5.41) is 3.21. The van der Waals surface area contributed by atoms with Gasteiger partial charge in [-0.15, -0.1) is 0 Å². The van der Waals surface area contributed by atoms with Gasteiger partial charge in [-0.1, -0.05) is 36.8 Å². The zero-order chi connectivity index (χ0) is 14.3. The molecule has 1 rings (SSSR count). The van der Waals surface area contributed by atoms with Crippen LogP contribution in [0.4, 0.5) is 13.2 Å². The van der Waals surface area contributed by atoms with Crippen LogP contribution in [-0.2, 0) is 6.42 Å². The summed E-state index contributed by atoms with van der Waals surface area (Å²) in [5.41, 5.74) is 2.25. The minimum absolute atomic E-state index is 0.107. The van der Waals surface area contributed by atoms with Crippen LogP contribution in [0, 0.1) is 6.92 Å². The Morgan fingerprint density at radius 2 is 1.79 bits per heavy atom. The molecule has 0 heterocycles. The molecular formula is C15H22F3N. The van der Waals surface area contributed by atoms with E-state index in [9.17, 15) is 13.2 Å². The molecule has 1 atom stereocenters. The lowest BCUT2D eigenvalue weighted by atomic mass is 10.0. The van der Waals surface area contributed by atoms with Crippen LogP contribution < -0.4 is 5.32 Å². The molecule has 0 saturated heterocycles. The van der Waals surface area contributed by atoms with Crippen LogP contribution in [0.3, 0.4) is 0 Å². The Kier molecular flexibility index (Phi) is 6.35. The van der Waals surface area contributed by atoms with Crippen molar-refractivity contribution in [2.45, 2.75) is 51.7 Å². The fourth-order valence-corrected chi connectivity index (χ4v) is 1.97. The van der Waals surface area contributed by atoms with Crippen LogP contribution in [0.15, 0.2) is 24.3 Å². The quantitative estimate of drug-likeness (QED) is 0.783. The second-order valence-corrected chi connectivity index (χ2v) is 4.99. The van der Waals surface area contributed by atoms with Crippen LogP contribution in [0.25, 0.3) is 0 Å². The highest BCUT2D eigenvalue weighted by molar-refractivity contribution is 5.22. The fourth-order valence-electron chi connectivity index (χ4n) is 1.97. The minimum Gasteiger partial charge on any atom is -0.314 e. The largest absolute Gasteiger partial charge is 0.389 e. The molecule has 0 bridgehead atoms. The maximum atomic E-state index is 12.3. The zero-order valence-electron chi connectivity index (χ0n) is 11.6. The van der Waals surface area contributed by atoms with Crippen molar-refractivity contribution in [1.82, 2.24) is 5.32 Å². The number of hydrogen-bond acceptors (Lipinski definition) is 1. The number of halogens is 3. The SMILES string of the molecule is CCCNC(CCC(F)(F)F)Cc1ccc(C)cc1. The third kappa shape index (κ3) is 7.21. The predicted octanol–water partition coefficient (Wildman–Crippen LogP) is 4.25. The molecule has 0 radical (unpaired) electrons. The van der Waals surface area contributed by atoms with E-state index in [0.29, 0.717) is 6.42 Å².